The van der Waals surface area contributed by atoms with Crippen LogP contribution in [0.5, 0.6) is 5.75 Å². The quantitative estimate of drug-likeness (QED) is 0.568. The van der Waals surface area contributed by atoms with Gasteiger partial charge in [0.25, 0.3) is 0 Å². The number of nitrogens with zero attached hydrogens (tertiary/aromatic N) is 2. The molecule has 0 bridgehead atoms. The summed E-state index contributed by atoms with van der Waals surface area (Å²) in [6, 6.07) is 17.7. The van der Waals surface area contributed by atoms with Gasteiger partial charge in [-0.3, -0.25) is 0 Å². The van der Waals surface area contributed by atoms with E-state index in [1.165, 1.54) is 0 Å². The van der Waals surface area contributed by atoms with Crippen molar-refractivity contribution in [3.8, 4) is 16.3 Å². The van der Waals surface area contributed by atoms with Gasteiger partial charge in [0.15, 0.2) is 0 Å². The van der Waals surface area contributed by atoms with E-state index < -0.39 is 0 Å². The van der Waals surface area contributed by atoms with Gasteiger partial charge >= 0.3 is 6.03 Å². The van der Waals surface area contributed by atoms with E-state index >= 15 is 0 Å². The highest BCUT2D eigenvalue weighted by molar-refractivity contribution is 7.15. The average molecular weight is 425 g/mol. The number of urea groups is 1. The van der Waals surface area contributed by atoms with E-state index in [-0.39, 0.29) is 12.1 Å². The second-order valence-electron chi connectivity index (χ2n) is 7.18. The van der Waals surface area contributed by atoms with Gasteiger partial charge in [0.05, 0.1) is 25.4 Å². The van der Waals surface area contributed by atoms with Crippen LogP contribution in [0.3, 0.4) is 0 Å². The first-order valence-corrected chi connectivity index (χ1v) is 10.6. The van der Waals surface area contributed by atoms with Crippen LogP contribution in [0.25, 0.3) is 10.6 Å². The lowest BCUT2D eigenvalue weighted by Crippen LogP contribution is -2.40. The fourth-order valence-electron chi connectivity index (χ4n) is 3.22. The molecule has 0 aliphatic rings. The molecule has 0 radical (unpaired) electrons. The lowest BCUT2D eigenvalue weighted by molar-refractivity contribution is 0.231. The number of hydrogen-bond acceptors (Lipinski definition) is 5. The molecule has 3 rings (SSSR count). The van der Waals surface area contributed by atoms with Gasteiger partial charge < -0.3 is 20.3 Å². The Morgan fingerprint density at radius 3 is 2.50 bits per heavy atom. The second-order valence-corrected chi connectivity index (χ2v) is 8.26. The molecule has 1 heterocycles. The summed E-state index contributed by atoms with van der Waals surface area (Å²) in [5.41, 5.74) is 3.07. The molecule has 1 aromatic heterocycles. The predicted molar refractivity (Wildman–Crippen MR) is 122 cm³/mol. The lowest BCUT2D eigenvalue weighted by Gasteiger charge is -2.26. The van der Waals surface area contributed by atoms with E-state index in [2.05, 4.69) is 20.5 Å². The van der Waals surface area contributed by atoms with E-state index in [0.717, 1.165) is 32.5 Å². The maximum atomic E-state index is 12.4. The predicted octanol–water partition coefficient (Wildman–Crippen LogP) is 4.23. The van der Waals surface area contributed by atoms with Crippen molar-refractivity contribution in [3.63, 3.8) is 0 Å². The fourth-order valence-corrected chi connectivity index (χ4v) is 4.23. The maximum Gasteiger partial charge on any atom is 0.315 e. The standard InChI is InChI=1S/C23H28N4O2S/c1-16-21(30-22(26-16)17-10-6-5-7-11-17)15-25-23(28)24-14-19(27(2)3)18-12-8-9-13-20(18)29-4/h5-13,19H,14-15H2,1-4H3,(H2,24,25,28). The Bertz CT molecular complexity index is 972. The number of aromatic nitrogens is 1. The minimum absolute atomic E-state index is 0.00160. The van der Waals surface area contributed by atoms with Crippen LogP contribution in [-0.2, 0) is 6.54 Å². The van der Waals surface area contributed by atoms with Crippen molar-refractivity contribution in [1.82, 2.24) is 20.5 Å². The summed E-state index contributed by atoms with van der Waals surface area (Å²) in [6.45, 7) is 2.89. The maximum absolute atomic E-state index is 12.4. The van der Waals surface area contributed by atoms with E-state index in [1.807, 2.05) is 75.6 Å². The summed E-state index contributed by atoms with van der Waals surface area (Å²) >= 11 is 1.61. The van der Waals surface area contributed by atoms with Gasteiger partial charge in [0.2, 0.25) is 0 Å². The van der Waals surface area contributed by atoms with Crippen molar-refractivity contribution in [2.24, 2.45) is 0 Å². The third-order valence-electron chi connectivity index (χ3n) is 4.90. The average Bonchev–Trinajstić information content (AvgIpc) is 3.13. The van der Waals surface area contributed by atoms with Crippen LogP contribution in [0.15, 0.2) is 54.6 Å². The number of amides is 2. The number of carbonyl (C=O) groups is 1. The summed E-state index contributed by atoms with van der Waals surface area (Å²) in [7, 11) is 5.64. The van der Waals surface area contributed by atoms with E-state index in [9.17, 15) is 4.79 Å². The van der Waals surface area contributed by atoms with Crippen LogP contribution in [0, 0.1) is 6.92 Å². The van der Waals surface area contributed by atoms with Crippen LogP contribution in [0.2, 0.25) is 0 Å². The number of likely N-dealkylation sites (N-methyl/N-ethyl adjacent to an activating group) is 1. The molecule has 7 heteroatoms. The number of nitrogens with one attached hydrogen (secondary N) is 2. The van der Waals surface area contributed by atoms with Gasteiger partial charge in [-0.15, -0.1) is 11.3 Å². The SMILES string of the molecule is COc1ccccc1C(CNC(=O)NCc1sc(-c2ccccc2)nc1C)N(C)C. The summed E-state index contributed by atoms with van der Waals surface area (Å²) in [5, 5.41) is 6.90. The van der Waals surface area contributed by atoms with Crippen LogP contribution >= 0.6 is 11.3 Å². The van der Waals surface area contributed by atoms with Crippen molar-refractivity contribution in [3.05, 3.63) is 70.7 Å². The first-order valence-electron chi connectivity index (χ1n) is 9.82. The van der Waals surface area contributed by atoms with Crippen LogP contribution in [0.4, 0.5) is 4.79 Å². The summed E-state index contributed by atoms with van der Waals surface area (Å²) < 4.78 is 5.48. The van der Waals surface area contributed by atoms with Gasteiger partial charge in [0.1, 0.15) is 10.8 Å². The Kier molecular flexibility index (Phi) is 7.43. The number of thiazole rings is 1. The smallest absolute Gasteiger partial charge is 0.315 e. The van der Waals surface area contributed by atoms with E-state index in [4.69, 9.17) is 4.74 Å². The van der Waals surface area contributed by atoms with Crippen LogP contribution in [0.1, 0.15) is 22.2 Å². The van der Waals surface area contributed by atoms with Crippen LogP contribution < -0.4 is 15.4 Å². The van der Waals surface area contributed by atoms with Crippen molar-refractivity contribution in [1.29, 1.82) is 0 Å². The van der Waals surface area contributed by atoms with Crippen molar-refractivity contribution in [2.75, 3.05) is 27.7 Å². The number of aryl methyl sites for hydroxylation is 1. The van der Waals surface area contributed by atoms with Gasteiger partial charge in [0, 0.05) is 22.5 Å². The molecule has 3 aromatic rings. The molecule has 2 aromatic carbocycles. The molecule has 0 spiro atoms. The van der Waals surface area contributed by atoms with E-state index in [0.29, 0.717) is 13.1 Å². The summed E-state index contributed by atoms with van der Waals surface area (Å²) in [4.78, 5) is 20.2. The number of methoxy groups -OCH3 is 1. The van der Waals surface area contributed by atoms with E-state index in [1.54, 1.807) is 18.4 Å². The fraction of sp³-hybridized carbons (Fsp3) is 0.304. The Balaban J connectivity index is 1.58. The first kappa shape index (κ1) is 21.8. The number of para-hydroxylation sites is 1. The molecule has 158 valence electrons. The number of rotatable bonds is 8. The molecule has 0 saturated heterocycles. The highest BCUT2D eigenvalue weighted by Gasteiger charge is 2.19. The molecule has 30 heavy (non-hydrogen) atoms. The zero-order valence-corrected chi connectivity index (χ0v) is 18.6. The Hall–Kier alpha value is -2.90. The molecule has 1 unspecified atom stereocenters. The number of ether oxygens (including phenoxy) is 1. The third kappa shape index (κ3) is 5.37. The van der Waals surface area contributed by atoms with Crippen molar-refractivity contribution >= 4 is 17.4 Å². The first-order chi connectivity index (χ1) is 14.5. The lowest BCUT2D eigenvalue weighted by atomic mass is 10.0. The topological polar surface area (TPSA) is 66.5 Å². The normalized spacial score (nSPS) is 11.9. The largest absolute Gasteiger partial charge is 0.496 e. The molecule has 0 aliphatic carbocycles. The number of benzene rings is 2. The van der Waals surface area contributed by atoms with Gasteiger partial charge in [-0.05, 0) is 27.1 Å². The number of hydrogen-bond donors (Lipinski definition) is 2. The zero-order valence-electron chi connectivity index (χ0n) is 17.8. The van der Waals surface area contributed by atoms with Gasteiger partial charge in [-0.1, -0.05) is 48.5 Å². The summed E-state index contributed by atoms with van der Waals surface area (Å²) in [6.07, 6.45) is 0. The molecule has 2 N–H and O–H groups in total. The minimum Gasteiger partial charge on any atom is -0.496 e. The molecule has 0 aliphatic heterocycles. The molecule has 1 atom stereocenters. The molecule has 6 nitrogen and oxygen atoms in total. The highest BCUT2D eigenvalue weighted by atomic mass is 32.1. The highest BCUT2D eigenvalue weighted by Crippen LogP contribution is 2.28. The monoisotopic (exact) mass is 424 g/mol. The molecule has 2 amide bonds. The minimum atomic E-state index is -0.203. The molecular formula is C23H28N4O2S. The Morgan fingerprint density at radius 1 is 1.10 bits per heavy atom. The van der Waals surface area contributed by atoms with Crippen LogP contribution in [-0.4, -0.2) is 43.7 Å². The Morgan fingerprint density at radius 2 is 1.80 bits per heavy atom. The van der Waals surface area contributed by atoms with Crippen molar-refractivity contribution < 1.29 is 9.53 Å². The molecule has 0 saturated carbocycles. The summed E-state index contributed by atoms with van der Waals surface area (Å²) in [5.74, 6) is 0.812. The molecule has 0 fully saturated rings. The zero-order chi connectivity index (χ0) is 21.5. The van der Waals surface area contributed by atoms with Crippen molar-refractivity contribution in [2.45, 2.75) is 19.5 Å². The number of carbonyl (C=O) groups excluding carboxylic acids is 1. The Labute approximate surface area is 181 Å². The molecular weight excluding hydrogens is 396 g/mol. The van der Waals surface area contributed by atoms with Gasteiger partial charge in [-0.2, -0.15) is 0 Å². The van der Waals surface area contributed by atoms with Gasteiger partial charge in [-0.25, -0.2) is 9.78 Å². The third-order valence-corrected chi connectivity index (χ3v) is 6.11. The second kappa shape index (κ2) is 10.2.